The molecule has 0 spiro atoms. The molecule has 1 heterocycles. The summed E-state index contributed by atoms with van der Waals surface area (Å²) in [5.41, 5.74) is 0.846. The molecule has 4 heteroatoms. The third-order valence-electron chi connectivity index (χ3n) is 3.37. The molecule has 1 aliphatic heterocycles. The molecule has 0 bridgehead atoms. The van der Waals surface area contributed by atoms with Crippen molar-refractivity contribution in [2.45, 2.75) is 25.6 Å². The van der Waals surface area contributed by atoms with Gasteiger partial charge in [-0.05, 0) is 37.6 Å². The summed E-state index contributed by atoms with van der Waals surface area (Å²) < 4.78 is 11.3. The van der Waals surface area contributed by atoms with Gasteiger partial charge in [0.05, 0.1) is 13.7 Å². The van der Waals surface area contributed by atoms with Crippen molar-refractivity contribution in [3.63, 3.8) is 0 Å². The summed E-state index contributed by atoms with van der Waals surface area (Å²) in [6, 6.07) is 5.55. The first-order valence-electron chi connectivity index (χ1n) is 6.36. The third-order valence-corrected chi connectivity index (χ3v) is 3.37. The molecular weight excluding hydrogens is 230 g/mol. The topological polar surface area (TPSA) is 41.9 Å². The minimum absolute atomic E-state index is 0.0216. The molecule has 100 valence electrons. The first-order valence-corrected chi connectivity index (χ1v) is 6.36. The molecule has 18 heavy (non-hydrogen) atoms. The molecule has 1 aliphatic rings. The molecule has 0 aromatic heterocycles. The highest BCUT2D eigenvalue weighted by Gasteiger charge is 2.19. The number of likely N-dealkylation sites (tertiary alicyclic amines) is 1. The zero-order chi connectivity index (χ0) is 13.0. The molecular formula is C14H21NO3. The van der Waals surface area contributed by atoms with Crippen LogP contribution in [-0.4, -0.2) is 43.4 Å². The van der Waals surface area contributed by atoms with Crippen LogP contribution in [0, 0.1) is 0 Å². The van der Waals surface area contributed by atoms with Crippen molar-refractivity contribution >= 4 is 0 Å². The van der Waals surface area contributed by atoms with Crippen molar-refractivity contribution in [3.05, 3.63) is 23.8 Å². The number of ether oxygens (including phenoxy) is 2. The minimum atomic E-state index is 0.0216. The van der Waals surface area contributed by atoms with E-state index in [1.165, 1.54) is 0 Å². The van der Waals surface area contributed by atoms with E-state index < -0.39 is 0 Å². The Bertz CT molecular complexity index is 387. The monoisotopic (exact) mass is 251 g/mol. The maximum Gasteiger partial charge on any atom is 0.161 e. The predicted octanol–water partition coefficient (Wildman–Crippen LogP) is 1.66. The van der Waals surface area contributed by atoms with Gasteiger partial charge in [-0.1, -0.05) is 6.07 Å². The van der Waals surface area contributed by atoms with Crippen LogP contribution in [0.15, 0.2) is 18.2 Å². The highest BCUT2D eigenvalue weighted by Crippen LogP contribution is 2.30. The van der Waals surface area contributed by atoms with Gasteiger partial charge in [0.25, 0.3) is 0 Å². The standard InChI is InChI=1S/C14H21NO3/c1-15-7-5-12(6-8-15)18-14-9-11(10-16)3-4-13(14)17-2/h3-4,9,12,16H,5-8,10H2,1-2H3. The average Bonchev–Trinajstić information content (AvgIpc) is 2.41. The zero-order valence-electron chi connectivity index (χ0n) is 11.1. The third kappa shape index (κ3) is 3.15. The number of aliphatic hydroxyl groups excluding tert-OH is 1. The maximum absolute atomic E-state index is 9.16. The molecule has 0 saturated carbocycles. The summed E-state index contributed by atoms with van der Waals surface area (Å²) in [4.78, 5) is 2.31. The molecule has 1 fully saturated rings. The van der Waals surface area contributed by atoms with Gasteiger partial charge in [0.15, 0.2) is 11.5 Å². The van der Waals surface area contributed by atoms with Crippen LogP contribution < -0.4 is 9.47 Å². The lowest BCUT2D eigenvalue weighted by Crippen LogP contribution is -2.35. The molecule has 2 rings (SSSR count). The first-order chi connectivity index (χ1) is 8.72. The lowest BCUT2D eigenvalue weighted by atomic mass is 10.1. The Morgan fingerprint density at radius 1 is 1.28 bits per heavy atom. The van der Waals surface area contributed by atoms with E-state index in [0.717, 1.165) is 43.0 Å². The molecule has 1 saturated heterocycles. The predicted molar refractivity (Wildman–Crippen MR) is 70.1 cm³/mol. The van der Waals surface area contributed by atoms with Crippen LogP contribution in [0.4, 0.5) is 0 Å². The van der Waals surface area contributed by atoms with Crippen LogP contribution in [0.3, 0.4) is 0 Å². The zero-order valence-corrected chi connectivity index (χ0v) is 11.1. The number of piperidine rings is 1. The molecule has 0 amide bonds. The van der Waals surface area contributed by atoms with E-state index >= 15 is 0 Å². The molecule has 4 nitrogen and oxygen atoms in total. The van der Waals surface area contributed by atoms with Crippen molar-refractivity contribution in [1.29, 1.82) is 0 Å². The molecule has 0 radical (unpaired) electrons. The Kier molecular flexibility index (Phi) is 4.44. The quantitative estimate of drug-likeness (QED) is 0.883. The Hall–Kier alpha value is -1.26. The maximum atomic E-state index is 9.16. The van der Waals surface area contributed by atoms with Gasteiger partial charge in [-0.25, -0.2) is 0 Å². The number of rotatable bonds is 4. The van der Waals surface area contributed by atoms with Crippen LogP contribution in [0.25, 0.3) is 0 Å². The van der Waals surface area contributed by atoms with Crippen molar-refractivity contribution in [2.75, 3.05) is 27.2 Å². The van der Waals surface area contributed by atoms with Gasteiger partial charge < -0.3 is 19.5 Å². The van der Waals surface area contributed by atoms with Gasteiger partial charge in [-0.15, -0.1) is 0 Å². The molecule has 1 N–H and O–H groups in total. The van der Waals surface area contributed by atoms with E-state index in [2.05, 4.69) is 11.9 Å². The van der Waals surface area contributed by atoms with Gasteiger partial charge in [-0.2, -0.15) is 0 Å². The van der Waals surface area contributed by atoms with Gasteiger partial charge in [0.1, 0.15) is 6.10 Å². The molecule has 0 aliphatic carbocycles. The van der Waals surface area contributed by atoms with Gasteiger partial charge in [0.2, 0.25) is 0 Å². The fourth-order valence-corrected chi connectivity index (χ4v) is 2.19. The normalized spacial score (nSPS) is 17.7. The van der Waals surface area contributed by atoms with Crippen molar-refractivity contribution in [3.8, 4) is 11.5 Å². The Labute approximate surface area is 108 Å². The molecule has 0 atom stereocenters. The summed E-state index contributed by atoms with van der Waals surface area (Å²) in [5, 5.41) is 9.16. The average molecular weight is 251 g/mol. The van der Waals surface area contributed by atoms with Gasteiger partial charge in [-0.3, -0.25) is 0 Å². The molecule has 1 aromatic rings. The summed E-state index contributed by atoms with van der Waals surface area (Å²) >= 11 is 0. The summed E-state index contributed by atoms with van der Waals surface area (Å²) in [7, 11) is 3.76. The molecule has 0 unspecified atom stereocenters. The fourth-order valence-electron chi connectivity index (χ4n) is 2.19. The van der Waals surface area contributed by atoms with Crippen LogP contribution in [0.2, 0.25) is 0 Å². The summed E-state index contributed by atoms with van der Waals surface area (Å²) in [5.74, 6) is 1.46. The van der Waals surface area contributed by atoms with E-state index in [-0.39, 0.29) is 12.7 Å². The van der Waals surface area contributed by atoms with E-state index in [0.29, 0.717) is 0 Å². The second kappa shape index (κ2) is 6.07. The first kappa shape index (κ1) is 13.2. The Morgan fingerprint density at radius 3 is 2.61 bits per heavy atom. The highest BCUT2D eigenvalue weighted by atomic mass is 16.5. The Balaban J connectivity index is 2.07. The lowest BCUT2D eigenvalue weighted by molar-refractivity contribution is 0.111. The van der Waals surface area contributed by atoms with Crippen LogP contribution in [0.1, 0.15) is 18.4 Å². The van der Waals surface area contributed by atoms with E-state index in [4.69, 9.17) is 14.6 Å². The lowest BCUT2D eigenvalue weighted by Gasteiger charge is -2.29. The van der Waals surface area contributed by atoms with Gasteiger partial charge in [0, 0.05) is 13.1 Å². The van der Waals surface area contributed by atoms with Crippen LogP contribution >= 0.6 is 0 Å². The van der Waals surface area contributed by atoms with Crippen molar-refractivity contribution in [1.82, 2.24) is 4.90 Å². The number of hydrogen-bond acceptors (Lipinski definition) is 4. The Morgan fingerprint density at radius 2 is 2.00 bits per heavy atom. The number of hydrogen-bond donors (Lipinski definition) is 1. The van der Waals surface area contributed by atoms with Gasteiger partial charge >= 0.3 is 0 Å². The minimum Gasteiger partial charge on any atom is -0.493 e. The fraction of sp³-hybridized carbons (Fsp3) is 0.571. The van der Waals surface area contributed by atoms with E-state index in [9.17, 15) is 0 Å². The van der Waals surface area contributed by atoms with Crippen molar-refractivity contribution in [2.24, 2.45) is 0 Å². The number of benzene rings is 1. The summed E-state index contributed by atoms with van der Waals surface area (Å²) in [6.45, 7) is 2.15. The number of aliphatic hydroxyl groups is 1. The number of methoxy groups -OCH3 is 1. The number of nitrogens with zero attached hydrogens (tertiary/aromatic N) is 1. The molecule has 1 aromatic carbocycles. The van der Waals surface area contributed by atoms with E-state index in [1.807, 2.05) is 18.2 Å². The second-order valence-electron chi connectivity index (χ2n) is 4.76. The summed E-state index contributed by atoms with van der Waals surface area (Å²) in [6.07, 6.45) is 2.30. The van der Waals surface area contributed by atoms with E-state index in [1.54, 1.807) is 7.11 Å². The SMILES string of the molecule is COc1ccc(CO)cc1OC1CCN(C)CC1. The van der Waals surface area contributed by atoms with Crippen molar-refractivity contribution < 1.29 is 14.6 Å². The smallest absolute Gasteiger partial charge is 0.161 e. The van der Waals surface area contributed by atoms with Crippen LogP contribution in [-0.2, 0) is 6.61 Å². The second-order valence-corrected chi connectivity index (χ2v) is 4.76. The highest BCUT2D eigenvalue weighted by molar-refractivity contribution is 5.42. The largest absolute Gasteiger partial charge is 0.493 e. The van der Waals surface area contributed by atoms with Crippen LogP contribution in [0.5, 0.6) is 11.5 Å².